The van der Waals surface area contributed by atoms with Gasteiger partial charge in [-0.1, -0.05) is 6.07 Å². The van der Waals surface area contributed by atoms with Crippen molar-refractivity contribution in [1.82, 2.24) is 9.88 Å². The number of aryl methyl sites for hydroxylation is 2. The van der Waals surface area contributed by atoms with Crippen LogP contribution in [0.3, 0.4) is 0 Å². The zero-order valence-corrected chi connectivity index (χ0v) is 13.5. The predicted molar refractivity (Wildman–Crippen MR) is 88.3 cm³/mol. The Hall–Kier alpha value is -2.30. The minimum Gasteiger partial charge on any atom is -0.444 e. The molecule has 0 spiro atoms. The zero-order valence-electron chi connectivity index (χ0n) is 13.5. The van der Waals surface area contributed by atoms with Crippen molar-refractivity contribution < 1.29 is 9.21 Å². The minimum absolute atomic E-state index is 0.0217. The van der Waals surface area contributed by atoms with Crippen molar-refractivity contribution in [3.05, 3.63) is 35.7 Å². The molecule has 0 unspecified atom stereocenters. The second-order valence-electron chi connectivity index (χ2n) is 6.62. The Morgan fingerprint density at radius 2 is 1.91 bits per heavy atom. The van der Waals surface area contributed by atoms with Gasteiger partial charge in [-0.25, -0.2) is 9.78 Å². The van der Waals surface area contributed by atoms with Gasteiger partial charge < -0.3 is 14.6 Å². The lowest BCUT2D eigenvalue weighted by Gasteiger charge is -2.22. The number of nitrogens with one attached hydrogen (secondary N) is 1. The van der Waals surface area contributed by atoms with Crippen LogP contribution < -0.4 is 5.32 Å². The minimum atomic E-state index is 0.0217. The van der Waals surface area contributed by atoms with Gasteiger partial charge in [0.1, 0.15) is 6.26 Å². The number of carbonyl (C=O) groups is 1. The summed E-state index contributed by atoms with van der Waals surface area (Å²) >= 11 is 0. The van der Waals surface area contributed by atoms with Crippen LogP contribution >= 0.6 is 0 Å². The summed E-state index contributed by atoms with van der Waals surface area (Å²) in [5.41, 5.74) is 3.63. The van der Waals surface area contributed by atoms with Crippen LogP contribution in [0.25, 0.3) is 11.5 Å². The van der Waals surface area contributed by atoms with Crippen molar-refractivity contribution in [3.63, 3.8) is 0 Å². The van der Waals surface area contributed by atoms with E-state index in [0.29, 0.717) is 18.0 Å². The molecule has 0 radical (unpaired) electrons. The summed E-state index contributed by atoms with van der Waals surface area (Å²) in [4.78, 5) is 19.0. The molecule has 2 fully saturated rings. The highest BCUT2D eigenvalue weighted by molar-refractivity contribution is 5.91. The van der Waals surface area contributed by atoms with Crippen LogP contribution in [0.4, 0.5) is 10.5 Å². The quantitative estimate of drug-likeness (QED) is 0.907. The van der Waals surface area contributed by atoms with Gasteiger partial charge in [0.25, 0.3) is 0 Å². The number of rotatable bonds is 2. The van der Waals surface area contributed by atoms with Gasteiger partial charge in [-0.05, 0) is 57.2 Å². The molecule has 1 aromatic heterocycles. The molecule has 0 atom stereocenters. The summed E-state index contributed by atoms with van der Waals surface area (Å²) < 4.78 is 5.50. The standard InChI is InChI=1S/C18H21N3O2/c1-11-3-4-13(9-16(11)17-19-12(2)10-23-17)20-18(22)21-14-5-6-15(21)8-7-14/h3-4,9-10,14-15H,5-8H2,1-2H3,(H,20,22). The summed E-state index contributed by atoms with van der Waals surface area (Å²) in [7, 11) is 0. The number of nitrogens with zero attached hydrogens (tertiary/aromatic N) is 2. The molecule has 0 saturated carbocycles. The third kappa shape index (κ3) is 2.50. The monoisotopic (exact) mass is 311 g/mol. The van der Waals surface area contributed by atoms with Crippen molar-refractivity contribution >= 4 is 11.7 Å². The number of amides is 2. The molecule has 5 nitrogen and oxygen atoms in total. The van der Waals surface area contributed by atoms with Crippen LogP contribution in [0, 0.1) is 13.8 Å². The SMILES string of the molecule is Cc1coc(-c2cc(NC(=O)N3C4CCC3CC4)ccc2C)n1. The van der Waals surface area contributed by atoms with Crippen LogP contribution in [0.2, 0.25) is 0 Å². The first kappa shape index (κ1) is 14.3. The number of fused-ring (bicyclic) bond motifs is 2. The van der Waals surface area contributed by atoms with Gasteiger partial charge in [0.2, 0.25) is 5.89 Å². The zero-order chi connectivity index (χ0) is 16.0. The number of carbonyl (C=O) groups excluding carboxylic acids is 1. The van der Waals surface area contributed by atoms with Gasteiger partial charge in [0.05, 0.1) is 5.69 Å². The summed E-state index contributed by atoms with van der Waals surface area (Å²) in [6.45, 7) is 3.91. The Labute approximate surface area is 135 Å². The number of hydrogen-bond donors (Lipinski definition) is 1. The summed E-state index contributed by atoms with van der Waals surface area (Å²) in [5.74, 6) is 0.595. The molecule has 5 heteroatoms. The van der Waals surface area contributed by atoms with Crippen molar-refractivity contribution in [3.8, 4) is 11.5 Å². The average molecular weight is 311 g/mol. The summed E-state index contributed by atoms with van der Waals surface area (Å²) in [5, 5.41) is 3.05. The summed E-state index contributed by atoms with van der Waals surface area (Å²) in [6.07, 6.45) is 6.22. The molecule has 1 N–H and O–H groups in total. The van der Waals surface area contributed by atoms with E-state index in [9.17, 15) is 4.79 Å². The lowest BCUT2D eigenvalue weighted by atomic mass is 10.0. The molecule has 120 valence electrons. The molecule has 2 amide bonds. The lowest BCUT2D eigenvalue weighted by molar-refractivity contribution is 0.206. The third-order valence-corrected chi connectivity index (χ3v) is 5.03. The Kier molecular flexibility index (Phi) is 3.36. The van der Waals surface area contributed by atoms with E-state index in [1.807, 2.05) is 36.9 Å². The van der Waals surface area contributed by atoms with Gasteiger partial charge in [0.15, 0.2) is 0 Å². The van der Waals surface area contributed by atoms with E-state index in [0.717, 1.165) is 48.2 Å². The average Bonchev–Trinajstić information content (AvgIpc) is 3.24. The normalized spacial score (nSPS) is 22.6. The highest BCUT2D eigenvalue weighted by Gasteiger charge is 2.42. The van der Waals surface area contributed by atoms with Crippen molar-refractivity contribution in [2.75, 3.05) is 5.32 Å². The molecular formula is C18H21N3O2. The molecule has 2 bridgehead atoms. The first-order valence-electron chi connectivity index (χ1n) is 8.24. The van der Waals surface area contributed by atoms with Crippen LogP contribution in [0.15, 0.2) is 28.9 Å². The number of benzene rings is 1. The first-order chi connectivity index (χ1) is 11.1. The molecule has 2 aliphatic rings. The van der Waals surface area contributed by atoms with E-state index < -0.39 is 0 Å². The summed E-state index contributed by atoms with van der Waals surface area (Å²) in [6, 6.07) is 6.75. The molecule has 2 aliphatic heterocycles. The lowest BCUT2D eigenvalue weighted by Crippen LogP contribution is -2.38. The van der Waals surface area contributed by atoms with E-state index in [-0.39, 0.29) is 6.03 Å². The first-order valence-corrected chi connectivity index (χ1v) is 8.24. The van der Waals surface area contributed by atoms with E-state index >= 15 is 0 Å². The predicted octanol–water partition coefficient (Wildman–Crippen LogP) is 4.12. The second-order valence-corrected chi connectivity index (χ2v) is 6.62. The van der Waals surface area contributed by atoms with E-state index in [1.54, 1.807) is 6.26 Å². The smallest absolute Gasteiger partial charge is 0.322 e. The van der Waals surface area contributed by atoms with Crippen LogP contribution in [0.1, 0.15) is 36.9 Å². The second kappa shape index (κ2) is 5.41. The van der Waals surface area contributed by atoms with Crippen LogP contribution in [-0.4, -0.2) is 28.0 Å². The molecular weight excluding hydrogens is 290 g/mol. The fourth-order valence-corrected chi connectivity index (χ4v) is 3.84. The molecule has 23 heavy (non-hydrogen) atoms. The molecule has 4 rings (SSSR count). The molecule has 2 saturated heterocycles. The Morgan fingerprint density at radius 1 is 1.22 bits per heavy atom. The maximum atomic E-state index is 12.6. The van der Waals surface area contributed by atoms with Gasteiger partial charge >= 0.3 is 6.03 Å². The number of urea groups is 1. The Balaban J connectivity index is 1.57. The van der Waals surface area contributed by atoms with E-state index in [2.05, 4.69) is 10.3 Å². The van der Waals surface area contributed by atoms with Gasteiger partial charge in [-0.2, -0.15) is 0 Å². The van der Waals surface area contributed by atoms with E-state index in [1.165, 1.54) is 0 Å². The fraction of sp³-hybridized carbons (Fsp3) is 0.444. The van der Waals surface area contributed by atoms with Crippen molar-refractivity contribution in [2.24, 2.45) is 0 Å². The van der Waals surface area contributed by atoms with Crippen LogP contribution in [0.5, 0.6) is 0 Å². The van der Waals surface area contributed by atoms with Gasteiger partial charge in [-0.3, -0.25) is 0 Å². The maximum Gasteiger partial charge on any atom is 0.322 e. The molecule has 2 aromatic rings. The largest absolute Gasteiger partial charge is 0.444 e. The fourth-order valence-electron chi connectivity index (χ4n) is 3.84. The molecule has 3 heterocycles. The highest BCUT2D eigenvalue weighted by atomic mass is 16.3. The Morgan fingerprint density at radius 3 is 2.52 bits per heavy atom. The van der Waals surface area contributed by atoms with Gasteiger partial charge in [0, 0.05) is 23.3 Å². The number of oxazole rings is 1. The topological polar surface area (TPSA) is 58.4 Å². The number of anilines is 1. The maximum absolute atomic E-state index is 12.6. The highest BCUT2D eigenvalue weighted by Crippen LogP contribution is 2.37. The Bertz CT molecular complexity index is 732. The van der Waals surface area contributed by atoms with Crippen molar-refractivity contribution in [2.45, 2.75) is 51.6 Å². The van der Waals surface area contributed by atoms with Crippen molar-refractivity contribution in [1.29, 1.82) is 0 Å². The number of aromatic nitrogens is 1. The van der Waals surface area contributed by atoms with Crippen LogP contribution in [-0.2, 0) is 0 Å². The third-order valence-electron chi connectivity index (χ3n) is 5.03. The molecule has 0 aliphatic carbocycles. The number of hydrogen-bond acceptors (Lipinski definition) is 3. The van der Waals surface area contributed by atoms with Gasteiger partial charge in [-0.15, -0.1) is 0 Å². The van der Waals surface area contributed by atoms with E-state index in [4.69, 9.17) is 4.42 Å². The molecule has 1 aromatic carbocycles.